The van der Waals surface area contributed by atoms with Crippen LogP contribution in [0.5, 0.6) is 5.75 Å². The van der Waals surface area contributed by atoms with Gasteiger partial charge < -0.3 is 31.2 Å². The van der Waals surface area contributed by atoms with Gasteiger partial charge >= 0.3 is 11.7 Å². The Morgan fingerprint density at radius 2 is 1.82 bits per heavy atom. The summed E-state index contributed by atoms with van der Waals surface area (Å²) >= 11 is 0. The highest BCUT2D eigenvalue weighted by molar-refractivity contribution is 6.04. The van der Waals surface area contributed by atoms with Gasteiger partial charge in [-0.1, -0.05) is 30.8 Å². The summed E-state index contributed by atoms with van der Waals surface area (Å²) in [6.07, 6.45) is 2.87. The number of aromatic amines is 2. The quantitative estimate of drug-likeness (QED) is 0.194. The molecule has 1 unspecified atom stereocenters. The molecular formula is C27H25N5O6. The summed E-state index contributed by atoms with van der Waals surface area (Å²) < 4.78 is 0.961. The third-order valence-corrected chi connectivity index (χ3v) is 5.98. The number of amides is 1. The van der Waals surface area contributed by atoms with Gasteiger partial charge in [-0.05, 0) is 48.9 Å². The van der Waals surface area contributed by atoms with Gasteiger partial charge in [0.25, 0.3) is 11.5 Å². The number of carboxylic acid groups (broad SMARTS) is 1. The molecule has 0 spiro atoms. The van der Waals surface area contributed by atoms with E-state index in [0.29, 0.717) is 27.7 Å². The molecule has 0 aliphatic rings. The van der Waals surface area contributed by atoms with Crippen molar-refractivity contribution in [1.82, 2.24) is 19.9 Å². The van der Waals surface area contributed by atoms with Crippen molar-refractivity contribution in [3.05, 3.63) is 110 Å². The van der Waals surface area contributed by atoms with Gasteiger partial charge in [-0.3, -0.25) is 9.59 Å². The van der Waals surface area contributed by atoms with E-state index in [4.69, 9.17) is 5.73 Å². The summed E-state index contributed by atoms with van der Waals surface area (Å²) in [5.41, 5.74) is 6.37. The number of nitrogens with zero attached hydrogens (tertiary/aromatic N) is 1. The first kappa shape index (κ1) is 25.8. The van der Waals surface area contributed by atoms with Crippen molar-refractivity contribution in [3.8, 4) is 11.4 Å². The van der Waals surface area contributed by atoms with Gasteiger partial charge in [0, 0.05) is 28.6 Å². The molecule has 0 bridgehead atoms. The predicted molar refractivity (Wildman–Crippen MR) is 142 cm³/mol. The number of hydrogen-bond donors (Lipinski definition) is 6. The Morgan fingerprint density at radius 1 is 1.13 bits per heavy atom. The molecule has 0 radical (unpaired) electrons. The Morgan fingerprint density at radius 3 is 2.45 bits per heavy atom. The van der Waals surface area contributed by atoms with Crippen LogP contribution < -0.4 is 22.3 Å². The van der Waals surface area contributed by atoms with Crippen molar-refractivity contribution in [2.75, 3.05) is 0 Å². The van der Waals surface area contributed by atoms with Gasteiger partial charge in [0.05, 0.1) is 11.4 Å². The molecule has 4 aromatic rings. The molecule has 38 heavy (non-hydrogen) atoms. The van der Waals surface area contributed by atoms with E-state index in [-0.39, 0.29) is 29.2 Å². The van der Waals surface area contributed by atoms with Gasteiger partial charge in [-0.25, -0.2) is 14.2 Å². The molecule has 0 fully saturated rings. The summed E-state index contributed by atoms with van der Waals surface area (Å²) in [4.78, 5) is 55.5. The van der Waals surface area contributed by atoms with Crippen LogP contribution >= 0.6 is 0 Å². The minimum Gasteiger partial charge on any atom is -0.505 e. The standard InChI is InChI=1S/C27H25N5O6/c1-14(28)7-12-19-15(2)25(35)32(27(38)31-19)17-10-8-16(9-11-17)13-21(26(36)37)30-24(34)22-23(33)18-5-3-4-6-20(18)29-22/h3-12,21,29,33H,1,13,28H2,2H3,(H,30,34)(H,31,38)(H,36,37)/b12-7-. The third kappa shape index (κ3) is 5.12. The van der Waals surface area contributed by atoms with Gasteiger partial charge in [0.2, 0.25) is 0 Å². The second kappa shape index (κ2) is 10.3. The van der Waals surface area contributed by atoms with Crippen molar-refractivity contribution < 1.29 is 19.8 Å². The summed E-state index contributed by atoms with van der Waals surface area (Å²) in [5, 5.41) is 22.9. The summed E-state index contributed by atoms with van der Waals surface area (Å²) in [5.74, 6) is -2.32. The second-order valence-corrected chi connectivity index (χ2v) is 8.65. The second-order valence-electron chi connectivity index (χ2n) is 8.65. The monoisotopic (exact) mass is 515 g/mol. The SMILES string of the molecule is C=C(N)/C=C\c1[nH]c(=O)n(-c2ccc(CC(NC(=O)c3[nH]c4ccccc4c3O)C(=O)O)cc2)c(=O)c1C. The number of rotatable bonds is 8. The van der Waals surface area contributed by atoms with Crippen LogP contribution in [0.3, 0.4) is 0 Å². The van der Waals surface area contributed by atoms with Gasteiger partial charge in [0.1, 0.15) is 11.7 Å². The van der Waals surface area contributed by atoms with Crippen molar-refractivity contribution in [2.24, 2.45) is 5.73 Å². The predicted octanol–water partition coefficient (Wildman–Crippen LogP) is 1.93. The molecule has 7 N–H and O–H groups in total. The molecule has 194 valence electrons. The van der Waals surface area contributed by atoms with Crippen molar-refractivity contribution in [3.63, 3.8) is 0 Å². The summed E-state index contributed by atoms with van der Waals surface area (Å²) in [7, 11) is 0. The number of hydrogen-bond acceptors (Lipinski definition) is 6. The molecule has 2 aromatic heterocycles. The first-order valence-electron chi connectivity index (χ1n) is 11.5. The zero-order valence-corrected chi connectivity index (χ0v) is 20.3. The molecule has 0 aliphatic heterocycles. The Kier molecular flexibility index (Phi) is 7.02. The molecule has 1 amide bonds. The molecule has 11 heteroatoms. The van der Waals surface area contributed by atoms with Crippen LogP contribution in [-0.2, 0) is 11.2 Å². The Hall–Kier alpha value is -5.32. The van der Waals surface area contributed by atoms with Crippen molar-refractivity contribution in [1.29, 1.82) is 0 Å². The van der Waals surface area contributed by atoms with Gasteiger partial charge in [0.15, 0.2) is 5.75 Å². The molecule has 1 atom stereocenters. The van der Waals surface area contributed by atoms with E-state index in [0.717, 1.165) is 4.57 Å². The number of carbonyl (C=O) groups excluding carboxylic acids is 1. The normalized spacial score (nSPS) is 12.0. The lowest BCUT2D eigenvalue weighted by Gasteiger charge is -2.15. The van der Waals surface area contributed by atoms with Crippen LogP contribution in [0.4, 0.5) is 0 Å². The fourth-order valence-corrected chi connectivity index (χ4v) is 3.97. The van der Waals surface area contributed by atoms with Crippen LogP contribution in [-0.4, -0.2) is 42.7 Å². The molecule has 4 rings (SSSR count). The smallest absolute Gasteiger partial charge is 0.333 e. The first-order valence-corrected chi connectivity index (χ1v) is 11.5. The Balaban J connectivity index is 1.55. The van der Waals surface area contributed by atoms with Crippen LogP contribution in [0.1, 0.15) is 27.3 Å². The zero-order valence-electron chi connectivity index (χ0n) is 20.3. The van der Waals surface area contributed by atoms with E-state index in [1.54, 1.807) is 43.3 Å². The average molecular weight is 516 g/mol. The maximum absolute atomic E-state index is 12.9. The lowest BCUT2D eigenvalue weighted by molar-refractivity contribution is -0.139. The third-order valence-electron chi connectivity index (χ3n) is 5.98. The molecule has 0 aliphatic carbocycles. The van der Waals surface area contributed by atoms with Crippen molar-refractivity contribution in [2.45, 2.75) is 19.4 Å². The number of benzene rings is 2. The van der Waals surface area contributed by atoms with E-state index in [1.165, 1.54) is 24.3 Å². The molecule has 0 saturated heterocycles. The minimum absolute atomic E-state index is 0.0840. The molecule has 2 heterocycles. The molecule has 0 saturated carbocycles. The zero-order chi connectivity index (χ0) is 27.6. The van der Waals surface area contributed by atoms with Crippen molar-refractivity contribution >= 4 is 28.9 Å². The van der Waals surface area contributed by atoms with Crippen LogP contribution in [0.25, 0.3) is 22.7 Å². The van der Waals surface area contributed by atoms with E-state index in [9.17, 15) is 29.4 Å². The van der Waals surface area contributed by atoms with Crippen LogP contribution in [0.2, 0.25) is 0 Å². The Bertz CT molecular complexity index is 1710. The average Bonchev–Trinajstić information content (AvgIpc) is 3.22. The van der Waals surface area contributed by atoms with Gasteiger partial charge in [-0.2, -0.15) is 0 Å². The minimum atomic E-state index is -1.31. The topological polar surface area (TPSA) is 183 Å². The van der Waals surface area contributed by atoms with E-state index >= 15 is 0 Å². The van der Waals surface area contributed by atoms with E-state index in [1.807, 2.05) is 0 Å². The highest BCUT2D eigenvalue weighted by Gasteiger charge is 2.24. The first-order chi connectivity index (χ1) is 18.1. The number of fused-ring (bicyclic) bond motifs is 1. The molecule has 11 nitrogen and oxygen atoms in total. The lowest BCUT2D eigenvalue weighted by atomic mass is 10.1. The Labute approximate surface area is 215 Å². The van der Waals surface area contributed by atoms with Gasteiger partial charge in [-0.15, -0.1) is 0 Å². The summed E-state index contributed by atoms with van der Waals surface area (Å²) in [6.45, 7) is 5.10. The number of aliphatic carboxylic acids is 1. The number of allylic oxidation sites excluding steroid dienone is 1. The highest BCUT2D eigenvalue weighted by atomic mass is 16.4. The fourth-order valence-electron chi connectivity index (χ4n) is 3.97. The number of aromatic nitrogens is 3. The molecular weight excluding hydrogens is 490 g/mol. The lowest BCUT2D eigenvalue weighted by Crippen LogP contribution is -2.42. The number of nitrogens with two attached hydrogens (primary N) is 1. The number of nitrogens with one attached hydrogen (secondary N) is 3. The fraction of sp³-hybridized carbons (Fsp3) is 0.111. The van der Waals surface area contributed by atoms with Crippen LogP contribution in [0, 0.1) is 6.92 Å². The van der Waals surface area contributed by atoms with E-state index in [2.05, 4.69) is 21.9 Å². The number of H-pyrrole nitrogens is 2. The highest BCUT2D eigenvalue weighted by Crippen LogP contribution is 2.28. The number of para-hydroxylation sites is 1. The van der Waals surface area contributed by atoms with E-state index < -0.39 is 29.2 Å². The largest absolute Gasteiger partial charge is 0.505 e. The number of carboxylic acids is 1. The van der Waals surface area contributed by atoms with Crippen LogP contribution in [0.15, 0.2) is 76.5 Å². The molecule has 2 aromatic carbocycles. The maximum Gasteiger partial charge on any atom is 0.333 e. The summed E-state index contributed by atoms with van der Waals surface area (Å²) in [6, 6.07) is 11.6. The number of aromatic hydroxyl groups is 1. The number of carbonyl (C=O) groups is 2. The maximum atomic E-state index is 12.9.